The zero-order valence-corrected chi connectivity index (χ0v) is 10.9. The third-order valence-corrected chi connectivity index (χ3v) is 2.50. The van der Waals surface area contributed by atoms with Crippen molar-refractivity contribution in [1.82, 2.24) is 10.3 Å². The number of carbonyl (C=O) groups is 1. The van der Waals surface area contributed by atoms with E-state index in [0.717, 1.165) is 0 Å². The first-order valence-corrected chi connectivity index (χ1v) is 5.59. The molecule has 0 saturated heterocycles. The Morgan fingerprint density at radius 3 is 2.50 bits per heavy atom. The van der Waals surface area contributed by atoms with Gasteiger partial charge in [-0.3, -0.25) is 4.79 Å². The standard InChI is InChI=1S/C11H18N4O3/c1-5(2)8(10(12)15-17)14-11(16)9-6(3)13-7(4)18-9/h5,8,17H,1-4H3,(H2,12,15)(H,14,16). The van der Waals surface area contributed by atoms with Gasteiger partial charge >= 0.3 is 0 Å². The van der Waals surface area contributed by atoms with Gasteiger partial charge < -0.3 is 20.7 Å². The number of nitrogens with one attached hydrogen (secondary N) is 1. The van der Waals surface area contributed by atoms with Crippen LogP contribution in [0.1, 0.15) is 36.0 Å². The number of rotatable bonds is 4. The molecule has 0 radical (unpaired) electrons. The van der Waals surface area contributed by atoms with Crippen LogP contribution in [-0.4, -0.2) is 28.0 Å². The second-order valence-corrected chi connectivity index (χ2v) is 4.37. The molecule has 1 aromatic rings. The molecule has 0 aliphatic carbocycles. The molecule has 1 rings (SSSR count). The number of oxime groups is 1. The molecule has 1 unspecified atom stereocenters. The molecular weight excluding hydrogens is 236 g/mol. The van der Waals surface area contributed by atoms with Crippen LogP contribution in [-0.2, 0) is 0 Å². The average molecular weight is 254 g/mol. The number of hydrogen-bond acceptors (Lipinski definition) is 5. The third-order valence-electron chi connectivity index (χ3n) is 2.50. The Labute approximate surface area is 105 Å². The van der Waals surface area contributed by atoms with Gasteiger partial charge in [-0.25, -0.2) is 4.98 Å². The molecule has 0 fully saturated rings. The van der Waals surface area contributed by atoms with Crippen molar-refractivity contribution in [2.24, 2.45) is 16.8 Å². The Hall–Kier alpha value is -2.05. The minimum absolute atomic E-state index is 0.0193. The zero-order valence-electron chi connectivity index (χ0n) is 10.9. The van der Waals surface area contributed by atoms with E-state index in [2.05, 4.69) is 15.5 Å². The minimum atomic E-state index is -0.563. The van der Waals surface area contributed by atoms with Crippen LogP contribution in [0.25, 0.3) is 0 Å². The van der Waals surface area contributed by atoms with Gasteiger partial charge in [-0.1, -0.05) is 19.0 Å². The first-order chi connectivity index (χ1) is 8.36. The molecule has 0 aromatic carbocycles. The van der Waals surface area contributed by atoms with Gasteiger partial charge in [0, 0.05) is 6.92 Å². The summed E-state index contributed by atoms with van der Waals surface area (Å²) in [5, 5.41) is 14.2. The monoisotopic (exact) mass is 254 g/mol. The predicted molar refractivity (Wildman–Crippen MR) is 65.5 cm³/mol. The fraction of sp³-hybridized carbons (Fsp3) is 0.545. The van der Waals surface area contributed by atoms with Crippen molar-refractivity contribution < 1.29 is 14.4 Å². The molecule has 7 nitrogen and oxygen atoms in total. The van der Waals surface area contributed by atoms with Crippen LogP contribution in [0.3, 0.4) is 0 Å². The number of carbonyl (C=O) groups excluding carboxylic acids is 1. The Morgan fingerprint density at radius 1 is 1.50 bits per heavy atom. The van der Waals surface area contributed by atoms with Crippen molar-refractivity contribution in [1.29, 1.82) is 0 Å². The molecule has 0 saturated carbocycles. The van der Waals surface area contributed by atoms with E-state index < -0.39 is 11.9 Å². The number of aryl methyl sites for hydroxylation is 2. The molecule has 1 amide bonds. The Bertz CT molecular complexity index is 465. The maximum Gasteiger partial charge on any atom is 0.289 e. The maximum absolute atomic E-state index is 12.0. The van der Waals surface area contributed by atoms with Crippen molar-refractivity contribution in [2.75, 3.05) is 0 Å². The number of hydrogen-bond donors (Lipinski definition) is 3. The normalized spacial score (nSPS) is 13.7. The fourth-order valence-electron chi connectivity index (χ4n) is 1.59. The van der Waals surface area contributed by atoms with Crippen molar-refractivity contribution in [2.45, 2.75) is 33.7 Å². The summed E-state index contributed by atoms with van der Waals surface area (Å²) in [6, 6.07) is -0.563. The highest BCUT2D eigenvalue weighted by atomic mass is 16.4. The van der Waals surface area contributed by atoms with E-state index in [1.54, 1.807) is 13.8 Å². The molecule has 7 heteroatoms. The molecule has 18 heavy (non-hydrogen) atoms. The first kappa shape index (κ1) is 14.0. The highest BCUT2D eigenvalue weighted by Crippen LogP contribution is 2.10. The summed E-state index contributed by atoms with van der Waals surface area (Å²) < 4.78 is 5.20. The molecule has 1 aromatic heterocycles. The van der Waals surface area contributed by atoms with Crippen LogP contribution in [0.15, 0.2) is 9.57 Å². The van der Waals surface area contributed by atoms with Crippen LogP contribution in [0, 0.1) is 19.8 Å². The molecule has 1 atom stereocenters. The topological polar surface area (TPSA) is 114 Å². The number of amides is 1. The minimum Gasteiger partial charge on any atom is -0.436 e. The third kappa shape index (κ3) is 2.99. The molecule has 0 aliphatic rings. The van der Waals surface area contributed by atoms with Crippen LogP contribution in [0.4, 0.5) is 0 Å². The molecular formula is C11H18N4O3. The average Bonchev–Trinajstić information content (AvgIpc) is 2.63. The lowest BCUT2D eigenvalue weighted by atomic mass is 10.0. The van der Waals surface area contributed by atoms with Crippen LogP contribution in [0.5, 0.6) is 0 Å². The Kier molecular flexibility index (Phi) is 4.30. The lowest BCUT2D eigenvalue weighted by Crippen LogP contribution is -2.47. The van der Waals surface area contributed by atoms with Crippen molar-refractivity contribution in [3.05, 3.63) is 17.3 Å². The SMILES string of the molecule is Cc1nc(C)c(C(=O)NC(C(N)=NO)C(C)C)o1. The lowest BCUT2D eigenvalue weighted by molar-refractivity contribution is 0.0908. The zero-order chi connectivity index (χ0) is 13.9. The number of amidine groups is 1. The van der Waals surface area contributed by atoms with E-state index in [0.29, 0.717) is 11.6 Å². The largest absolute Gasteiger partial charge is 0.436 e. The summed E-state index contributed by atoms with van der Waals surface area (Å²) >= 11 is 0. The summed E-state index contributed by atoms with van der Waals surface area (Å²) in [5.74, 6) is 0.0613. The number of oxazole rings is 1. The summed E-state index contributed by atoms with van der Waals surface area (Å²) in [4.78, 5) is 16.0. The highest BCUT2D eigenvalue weighted by molar-refractivity contribution is 5.97. The maximum atomic E-state index is 12.0. The Balaban J connectivity index is 2.89. The summed E-state index contributed by atoms with van der Waals surface area (Å²) in [7, 11) is 0. The van der Waals surface area contributed by atoms with Gasteiger partial charge in [0.1, 0.15) is 0 Å². The van der Waals surface area contributed by atoms with Crippen molar-refractivity contribution in [3.63, 3.8) is 0 Å². The molecule has 100 valence electrons. The van der Waals surface area contributed by atoms with E-state index in [1.165, 1.54) is 0 Å². The molecule has 1 heterocycles. The summed E-state index contributed by atoms with van der Waals surface area (Å²) in [6.07, 6.45) is 0. The molecule has 0 bridgehead atoms. The van der Waals surface area contributed by atoms with Gasteiger partial charge in [-0.15, -0.1) is 0 Å². The predicted octanol–water partition coefficient (Wildman–Crippen LogP) is 0.792. The fourth-order valence-corrected chi connectivity index (χ4v) is 1.59. The first-order valence-electron chi connectivity index (χ1n) is 5.59. The Morgan fingerprint density at radius 2 is 2.11 bits per heavy atom. The second kappa shape index (κ2) is 5.52. The van der Waals surface area contributed by atoms with Crippen LogP contribution < -0.4 is 11.1 Å². The van der Waals surface area contributed by atoms with E-state index in [1.807, 2.05) is 13.8 Å². The van der Waals surface area contributed by atoms with Gasteiger partial charge in [-0.2, -0.15) is 0 Å². The number of nitrogens with two attached hydrogens (primary N) is 1. The molecule has 0 spiro atoms. The van der Waals surface area contributed by atoms with Crippen molar-refractivity contribution in [3.8, 4) is 0 Å². The van der Waals surface area contributed by atoms with Gasteiger partial charge in [0.15, 0.2) is 11.7 Å². The van der Waals surface area contributed by atoms with Crippen LogP contribution >= 0.6 is 0 Å². The second-order valence-electron chi connectivity index (χ2n) is 4.37. The lowest BCUT2D eigenvalue weighted by Gasteiger charge is -2.20. The van der Waals surface area contributed by atoms with Gasteiger partial charge in [0.05, 0.1) is 11.7 Å². The molecule has 4 N–H and O–H groups in total. The molecule has 0 aliphatic heterocycles. The van der Waals surface area contributed by atoms with E-state index in [9.17, 15) is 4.79 Å². The highest BCUT2D eigenvalue weighted by Gasteiger charge is 2.24. The van der Waals surface area contributed by atoms with E-state index in [4.69, 9.17) is 15.4 Å². The van der Waals surface area contributed by atoms with Gasteiger partial charge in [0.2, 0.25) is 5.76 Å². The quantitative estimate of drug-likeness (QED) is 0.318. The smallest absolute Gasteiger partial charge is 0.289 e. The van der Waals surface area contributed by atoms with Gasteiger partial charge in [-0.05, 0) is 12.8 Å². The number of nitrogens with zero attached hydrogens (tertiary/aromatic N) is 2. The van der Waals surface area contributed by atoms with E-state index in [-0.39, 0.29) is 17.5 Å². The number of aromatic nitrogens is 1. The van der Waals surface area contributed by atoms with Crippen molar-refractivity contribution >= 4 is 11.7 Å². The van der Waals surface area contributed by atoms with E-state index >= 15 is 0 Å². The van der Waals surface area contributed by atoms with Crippen LogP contribution in [0.2, 0.25) is 0 Å². The van der Waals surface area contributed by atoms with Gasteiger partial charge in [0.25, 0.3) is 5.91 Å². The summed E-state index contributed by atoms with van der Waals surface area (Å²) in [5.41, 5.74) is 6.03. The summed E-state index contributed by atoms with van der Waals surface area (Å²) in [6.45, 7) is 7.04.